The third-order valence-electron chi connectivity index (χ3n) is 5.44. The number of carbonyl (C=O) groups excluding carboxylic acids is 2. The normalized spacial score (nSPS) is 43.0. The molecule has 0 aromatic rings. The molecule has 18 heavy (non-hydrogen) atoms. The van der Waals surface area contributed by atoms with Gasteiger partial charge in [0, 0.05) is 6.04 Å². The third-order valence-corrected chi connectivity index (χ3v) is 5.44. The second-order valence-corrected chi connectivity index (χ2v) is 6.34. The van der Waals surface area contributed by atoms with Crippen molar-refractivity contribution in [2.75, 3.05) is 0 Å². The summed E-state index contributed by atoms with van der Waals surface area (Å²) in [6.07, 6.45) is 11.0. The summed E-state index contributed by atoms with van der Waals surface area (Å²) in [6, 6.07) is 0.212. The van der Waals surface area contributed by atoms with Crippen LogP contribution in [0.15, 0.2) is 12.2 Å². The Kier molecular flexibility index (Phi) is 2.21. The van der Waals surface area contributed by atoms with E-state index in [1.807, 2.05) is 0 Å². The molecule has 3 nitrogen and oxygen atoms in total. The van der Waals surface area contributed by atoms with Gasteiger partial charge in [-0.1, -0.05) is 31.4 Å². The van der Waals surface area contributed by atoms with E-state index in [1.165, 1.54) is 19.3 Å². The van der Waals surface area contributed by atoms with E-state index in [0.717, 1.165) is 19.3 Å². The van der Waals surface area contributed by atoms with Gasteiger partial charge in [0.1, 0.15) is 0 Å². The molecule has 3 heteroatoms. The first-order valence-electron chi connectivity index (χ1n) is 7.32. The minimum atomic E-state index is -0.00516. The Morgan fingerprint density at radius 3 is 2.00 bits per heavy atom. The van der Waals surface area contributed by atoms with E-state index in [4.69, 9.17) is 0 Å². The first-order valence-corrected chi connectivity index (χ1v) is 7.32. The van der Waals surface area contributed by atoms with Crippen LogP contribution in [0, 0.1) is 23.7 Å². The van der Waals surface area contributed by atoms with Crippen molar-refractivity contribution in [2.45, 2.75) is 44.6 Å². The standard InChI is InChI=1S/C15H19NO2/c17-14-12-9-6-7-10(8-9)13(12)15(18)16(14)11-4-2-1-3-5-11/h6-7,9-13H,1-5,8H2/t9-,10+,12+,13-. The SMILES string of the molecule is O=C1[C@@H]2[C@H](C(=O)N1C1CCCCC1)[C@H]1C=C[C@@H]2C1. The van der Waals surface area contributed by atoms with Crippen molar-refractivity contribution < 1.29 is 9.59 Å². The van der Waals surface area contributed by atoms with Gasteiger partial charge in [0.2, 0.25) is 11.8 Å². The molecule has 4 atom stereocenters. The van der Waals surface area contributed by atoms with Gasteiger partial charge in [-0.3, -0.25) is 14.5 Å². The quantitative estimate of drug-likeness (QED) is 0.524. The summed E-state index contributed by atoms with van der Waals surface area (Å²) in [5.74, 6) is 0.987. The molecule has 0 aromatic heterocycles. The van der Waals surface area contributed by atoms with Crippen LogP contribution in [-0.4, -0.2) is 22.8 Å². The van der Waals surface area contributed by atoms with E-state index < -0.39 is 0 Å². The van der Waals surface area contributed by atoms with Crippen LogP contribution in [-0.2, 0) is 9.59 Å². The van der Waals surface area contributed by atoms with Gasteiger partial charge in [-0.2, -0.15) is 0 Å². The lowest BCUT2D eigenvalue weighted by molar-refractivity contribution is -0.144. The maximum absolute atomic E-state index is 12.6. The van der Waals surface area contributed by atoms with Crippen molar-refractivity contribution in [1.29, 1.82) is 0 Å². The first-order chi connectivity index (χ1) is 8.77. The van der Waals surface area contributed by atoms with E-state index in [9.17, 15) is 9.59 Å². The second kappa shape index (κ2) is 3.69. The van der Waals surface area contributed by atoms with E-state index in [2.05, 4.69) is 12.2 Å². The molecule has 0 spiro atoms. The van der Waals surface area contributed by atoms with Gasteiger partial charge in [-0.05, 0) is 31.1 Å². The van der Waals surface area contributed by atoms with Gasteiger partial charge in [-0.25, -0.2) is 0 Å². The molecule has 3 fully saturated rings. The number of carbonyl (C=O) groups is 2. The average molecular weight is 245 g/mol. The topological polar surface area (TPSA) is 37.4 Å². The van der Waals surface area contributed by atoms with Crippen LogP contribution < -0.4 is 0 Å². The molecule has 1 heterocycles. The van der Waals surface area contributed by atoms with Gasteiger partial charge in [0.15, 0.2) is 0 Å². The number of amides is 2. The highest BCUT2D eigenvalue weighted by Gasteiger charge is 2.60. The number of nitrogens with zero attached hydrogens (tertiary/aromatic N) is 1. The minimum absolute atomic E-state index is 0.00516. The fraction of sp³-hybridized carbons (Fsp3) is 0.733. The van der Waals surface area contributed by atoms with Gasteiger partial charge in [-0.15, -0.1) is 0 Å². The van der Waals surface area contributed by atoms with E-state index in [1.54, 1.807) is 4.90 Å². The van der Waals surface area contributed by atoms with Crippen LogP contribution in [0.4, 0.5) is 0 Å². The fourth-order valence-electron chi connectivity index (χ4n) is 4.62. The molecular formula is C15H19NO2. The van der Waals surface area contributed by atoms with Crippen molar-refractivity contribution in [2.24, 2.45) is 23.7 Å². The van der Waals surface area contributed by atoms with Crippen LogP contribution in [0.2, 0.25) is 0 Å². The Labute approximate surface area is 107 Å². The highest BCUT2D eigenvalue weighted by Crippen LogP contribution is 2.53. The van der Waals surface area contributed by atoms with Gasteiger partial charge < -0.3 is 0 Å². The highest BCUT2D eigenvalue weighted by molar-refractivity contribution is 6.06. The van der Waals surface area contributed by atoms with Crippen molar-refractivity contribution in [3.05, 3.63) is 12.2 Å². The Morgan fingerprint density at radius 1 is 0.889 bits per heavy atom. The van der Waals surface area contributed by atoms with Gasteiger partial charge >= 0.3 is 0 Å². The molecule has 1 saturated heterocycles. The summed E-state index contributed by atoms with van der Waals surface area (Å²) in [6.45, 7) is 0. The monoisotopic (exact) mass is 245 g/mol. The summed E-state index contributed by atoms with van der Waals surface area (Å²) in [5.41, 5.74) is 0. The lowest BCUT2D eigenvalue weighted by atomic mass is 9.85. The maximum Gasteiger partial charge on any atom is 0.233 e. The smallest absolute Gasteiger partial charge is 0.233 e. The zero-order chi connectivity index (χ0) is 12.3. The Hall–Kier alpha value is -1.12. The number of hydrogen-bond donors (Lipinski definition) is 0. The largest absolute Gasteiger partial charge is 0.279 e. The molecule has 2 bridgehead atoms. The Bertz CT molecular complexity index is 406. The molecule has 3 aliphatic carbocycles. The van der Waals surface area contributed by atoms with Gasteiger partial charge in [0.25, 0.3) is 0 Å². The molecule has 4 rings (SSSR count). The lowest BCUT2D eigenvalue weighted by Crippen LogP contribution is -2.42. The second-order valence-electron chi connectivity index (χ2n) is 6.34. The molecular weight excluding hydrogens is 226 g/mol. The predicted molar refractivity (Wildman–Crippen MR) is 66.4 cm³/mol. The molecule has 2 amide bonds. The molecule has 0 aromatic carbocycles. The number of imide groups is 1. The average Bonchev–Trinajstić information content (AvgIpc) is 3.05. The van der Waals surface area contributed by atoms with Crippen LogP contribution in [0.5, 0.6) is 0 Å². The Balaban J connectivity index is 1.63. The van der Waals surface area contributed by atoms with Crippen molar-refractivity contribution in [3.63, 3.8) is 0 Å². The number of hydrogen-bond acceptors (Lipinski definition) is 2. The molecule has 0 unspecified atom stereocenters. The molecule has 4 aliphatic rings. The number of likely N-dealkylation sites (tertiary alicyclic amines) is 1. The molecule has 96 valence electrons. The fourth-order valence-corrected chi connectivity index (χ4v) is 4.62. The zero-order valence-corrected chi connectivity index (χ0v) is 10.5. The van der Waals surface area contributed by atoms with Crippen molar-refractivity contribution >= 4 is 11.8 Å². The summed E-state index contributed by atoms with van der Waals surface area (Å²) in [7, 11) is 0. The number of allylic oxidation sites excluding steroid dienone is 2. The van der Waals surface area contributed by atoms with Crippen LogP contribution in [0.1, 0.15) is 38.5 Å². The van der Waals surface area contributed by atoms with Crippen LogP contribution in [0.3, 0.4) is 0 Å². The minimum Gasteiger partial charge on any atom is -0.279 e. The van der Waals surface area contributed by atoms with Crippen molar-refractivity contribution in [3.8, 4) is 0 Å². The lowest BCUT2D eigenvalue weighted by Gasteiger charge is -2.30. The maximum atomic E-state index is 12.6. The molecule has 1 aliphatic heterocycles. The Morgan fingerprint density at radius 2 is 1.44 bits per heavy atom. The van der Waals surface area contributed by atoms with Crippen molar-refractivity contribution in [1.82, 2.24) is 4.90 Å². The zero-order valence-electron chi connectivity index (χ0n) is 10.5. The highest BCUT2D eigenvalue weighted by atomic mass is 16.2. The van der Waals surface area contributed by atoms with E-state index in [0.29, 0.717) is 11.8 Å². The summed E-state index contributed by atoms with van der Waals surface area (Å²) < 4.78 is 0. The van der Waals surface area contributed by atoms with Crippen LogP contribution >= 0.6 is 0 Å². The molecule has 0 radical (unpaired) electrons. The van der Waals surface area contributed by atoms with E-state index in [-0.39, 0.29) is 29.7 Å². The summed E-state index contributed by atoms with van der Waals surface area (Å²) in [4.78, 5) is 26.8. The first kappa shape index (κ1) is 10.8. The third kappa shape index (κ3) is 1.25. The summed E-state index contributed by atoms with van der Waals surface area (Å²) >= 11 is 0. The molecule has 2 saturated carbocycles. The van der Waals surface area contributed by atoms with Crippen LogP contribution in [0.25, 0.3) is 0 Å². The molecule has 0 N–H and O–H groups in total. The van der Waals surface area contributed by atoms with Gasteiger partial charge in [0.05, 0.1) is 11.8 Å². The predicted octanol–water partition coefficient (Wildman–Crippen LogP) is 2.13. The summed E-state index contributed by atoms with van der Waals surface area (Å²) in [5, 5.41) is 0. The van der Waals surface area contributed by atoms with E-state index >= 15 is 0 Å². The number of fused-ring (bicyclic) bond motifs is 5. The number of rotatable bonds is 1.